The van der Waals surface area contributed by atoms with E-state index in [4.69, 9.17) is 0 Å². The standard InChI is InChI=1S/C54H38N2S/c1-5-19-41(20-6-1)55-51-30-15-13-28-47(51)49-37-40(32-34-53(49)55)39-18-17-27-45(36-39)57(43-23-9-3-10-24-43,44-25-11-4-12-26-44)46-33-35-54-50(38-46)48-29-14-16-31-52(48)56(54)42-21-7-2-8-22-42/h1-38H. The molecule has 0 fully saturated rings. The number of fused-ring (bicyclic) bond motifs is 6. The van der Waals surface area contributed by atoms with Crippen LogP contribution in [0.25, 0.3) is 66.1 Å². The molecule has 2 heterocycles. The van der Waals surface area contributed by atoms with Crippen molar-refractivity contribution >= 4 is 53.6 Å². The van der Waals surface area contributed by atoms with Crippen molar-refractivity contribution in [3.63, 3.8) is 0 Å². The fourth-order valence-corrected chi connectivity index (χ4v) is 12.9. The SMILES string of the molecule is c1ccc(-n2c3ccccc3c3cc(-c4cccc(S(c5ccccc5)(c5ccccc5)c5ccc6c(c5)c5ccccc5n6-c5ccccc5)c4)ccc32)cc1. The molecule has 0 aliphatic rings. The van der Waals surface area contributed by atoms with Crippen LogP contribution in [0.3, 0.4) is 0 Å². The molecular weight excluding hydrogens is 709 g/mol. The summed E-state index contributed by atoms with van der Waals surface area (Å²) in [5.41, 5.74) is 9.58. The molecule has 0 unspecified atom stereocenters. The van der Waals surface area contributed by atoms with Crippen molar-refractivity contribution in [3.8, 4) is 22.5 Å². The fraction of sp³-hybridized carbons (Fsp3) is 0. The van der Waals surface area contributed by atoms with E-state index in [1.165, 1.54) is 80.0 Å². The van der Waals surface area contributed by atoms with E-state index in [2.05, 4.69) is 240 Å². The van der Waals surface area contributed by atoms with Crippen LogP contribution in [-0.2, 0) is 0 Å². The Morgan fingerprint density at radius 2 is 0.649 bits per heavy atom. The molecule has 57 heavy (non-hydrogen) atoms. The Bertz CT molecular complexity index is 3180. The summed E-state index contributed by atoms with van der Waals surface area (Å²) in [7, 11) is -1.98. The highest BCUT2D eigenvalue weighted by molar-refractivity contribution is 8.34. The van der Waals surface area contributed by atoms with E-state index in [0.29, 0.717) is 0 Å². The molecule has 2 nitrogen and oxygen atoms in total. The van der Waals surface area contributed by atoms with Crippen LogP contribution in [0.1, 0.15) is 0 Å². The molecule has 11 aromatic rings. The van der Waals surface area contributed by atoms with Crippen LogP contribution in [0.2, 0.25) is 0 Å². The third-order valence-electron chi connectivity index (χ3n) is 11.4. The lowest BCUT2D eigenvalue weighted by molar-refractivity contribution is 1.18. The first-order valence-electron chi connectivity index (χ1n) is 19.5. The van der Waals surface area contributed by atoms with Gasteiger partial charge < -0.3 is 9.13 Å². The second-order valence-electron chi connectivity index (χ2n) is 14.6. The van der Waals surface area contributed by atoms with E-state index in [1.54, 1.807) is 0 Å². The Morgan fingerprint density at radius 1 is 0.246 bits per heavy atom. The summed E-state index contributed by atoms with van der Waals surface area (Å²) >= 11 is 0. The largest absolute Gasteiger partial charge is 0.309 e. The first kappa shape index (κ1) is 33.3. The van der Waals surface area contributed by atoms with Crippen LogP contribution < -0.4 is 0 Å². The maximum absolute atomic E-state index is 2.49. The number of para-hydroxylation sites is 4. The minimum atomic E-state index is -1.98. The third kappa shape index (κ3) is 5.28. The number of benzene rings is 9. The average molecular weight is 747 g/mol. The molecule has 0 saturated heterocycles. The van der Waals surface area contributed by atoms with E-state index in [9.17, 15) is 0 Å². The molecule has 0 aliphatic carbocycles. The molecule has 3 heteroatoms. The topological polar surface area (TPSA) is 9.86 Å². The summed E-state index contributed by atoms with van der Waals surface area (Å²) in [5, 5.41) is 5.02. The Kier molecular flexibility index (Phi) is 7.94. The average Bonchev–Trinajstić information content (AvgIpc) is 3.80. The lowest BCUT2D eigenvalue weighted by Gasteiger charge is -2.42. The van der Waals surface area contributed by atoms with E-state index >= 15 is 0 Å². The molecule has 9 aromatic carbocycles. The molecule has 11 rings (SSSR count). The second-order valence-corrected chi connectivity index (χ2v) is 17.7. The van der Waals surface area contributed by atoms with E-state index in [-0.39, 0.29) is 0 Å². The first-order chi connectivity index (χ1) is 28.3. The molecule has 0 atom stereocenters. The lowest BCUT2D eigenvalue weighted by Crippen LogP contribution is -2.05. The zero-order chi connectivity index (χ0) is 37.8. The van der Waals surface area contributed by atoms with Gasteiger partial charge in [0.05, 0.1) is 22.1 Å². The van der Waals surface area contributed by atoms with Gasteiger partial charge in [0.2, 0.25) is 0 Å². The van der Waals surface area contributed by atoms with Crippen LogP contribution in [0.4, 0.5) is 0 Å². The van der Waals surface area contributed by atoms with E-state index in [1.807, 2.05) is 0 Å². The van der Waals surface area contributed by atoms with Crippen LogP contribution >= 0.6 is 10.0 Å². The molecule has 2 aromatic heterocycles. The van der Waals surface area contributed by atoms with Crippen LogP contribution in [0.15, 0.2) is 250 Å². The number of hydrogen-bond acceptors (Lipinski definition) is 0. The van der Waals surface area contributed by atoms with Crippen molar-refractivity contribution in [1.29, 1.82) is 0 Å². The highest BCUT2D eigenvalue weighted by Gasteiger charge is 2.34. The minimum absolute atomic E-state index is 1.16. The molecule has 0 amide bonds. The Morgan fingerprint density at radius 3 is 1.21 bits per heavy atom. The zero-order valence-electron chi connectivity index (χ0n) is 31.2. The predicted octanol–water partition coefficient (Wildman–Crippen LogP) is 14.9. The number of aromatic nitrogens is 2. The van der Waals surface area contributed by atoms with Crippen molar-refractivity contribution < 1.29 is 0 Å². The molecule has 0 N–H and O–H groups in total. The third-order valence-corrected chi connectivity index (χ3v) is 15.3. The Hall–Kier alpha value is -7.07. The highest BCUT2D eigenvalue weighted by atomic mass is 32.3. The van der Waals surface area contributed by atoms with Gasteiger partial charge in [-0.15, -0.1) is 10.0 Å². The van der Waals surface area contributed by atoms with Gasteiger partial charge in [0.1, 0.15) is 0 Å². The first-order valence-corrected chi connectivity index (χ1v) is 21.1. The maximum atomic E-state index is 2.49. The molecule has 0 bridgehead atoms. The van der Waals surface area contributed by atoms with Gasteiger partial charge in [0.15, 0.2) is 0 Å². The molecule has 270 valence electrons. The van der Waals surface area contributed by atoms with Crippen LogP contribution in [0.5, 0.6) is 0 Å². The molecule has 0 radical (unpaired) electrons. The molecule has 0 spiro atoms. The van der Waals surface area contributed by atoms with E-state index < -0.39 is 10.0 Å². The Balaban J connectivity index is 1.16. The van der Waals surface area contributed by atoms with Gasteiger partial charge in [-0.05, 0) is 114 Å². The van der Waals surface area contributed by atoms with Crippen molar-refractivity contribution in [2.75, 3.05) is 0 Å². The van der Waals surface area contributed by atoms with Gasteiger partial charge in [-0.1, -0.05) is 127 Å². The van der Waals surface area contributed by atoms with Gasteiger partial charge in [-0.3, -0.25) is 0 Å². The molecular formula is C54H38N2S. The van der Waals surface area contributed by atoms with Crippen molar-refractivity contribution in [2.24, 2.45) is 0 Å². The van der Waals surface area contributed by atoms with E-state index in [0.717, 1.165) is 5.69 Å². The van der Waals surface area contributed by atoms with Gasteiger partial charge in [0.25, 0.3) is 0 Å². The van der Waals surface area contributed by atoms with Crippen LogP contribution in [-0.4, -0.2) is 9.13 Å². The summed E-state index contributed by atoms with van der Waals surface area (Å²) in [6.45, 7) is 0. The summed E-state index contributed by atoms with van der Waals surface area (Å²) in [5.74, 6) is 0. The normalized spacial score (nSPS) is 12.1. The van der Waals surface area contributed by atoms with Gasteiger partial charge in [-0.25, -0.2) is 0 Å². The number of hydrogen-bond donors (Lipinski definition) is 0. The summed E-state index contributed by atoms with van der Waals surface area (Å²) < 4.78 is 4.79. The zero-order valence-corrected chi connectivity index (χ0v) is 32.1. The van der Waals surface area contributed by atoms with Gasteiger partial charge in [-0.2, -0.15) is 0 Å². The number of nitrogens with zero attached hydrogens (tertiary/aromatic N) is 2. The van der Waals surface area contributed by atoms with Crippen molar-refractivity contribution in [3.05, 3.63) is 231 Å². The van der Waals surface area contributed by atoms with Crippen LogP contribution in [0, 0.1) is 0 Å². The Labute approximate surface area is 333 Å². The molecule has 0 aliphatic heterocycles. The summed E-state index contributed by atoms with van der Waals surface area (Å²) in [6.07, 6.45) is 0. The quantitative estimate of drug-likeness (QED) is 0.154. The van der Waals surface area contributed by atoms with Crippen molar-refractivity contribution in [1.82, 2.24) is 9.13 Å². The monoisotopic (exact) mass is 746 g/mol. The molecule has 0 saturated carbocycles. The van der Waals surface area contributed by atoms with Gasteiger partial charge >= 0.3 is 0 Å². The predicted molar refractivity (Wildman–Crippen MR) is 241 cm³/mol. The summed E-state index contributed by atoms with van der Waals surface area (Å²) in [6, 6.07) is 85.0. The minimum Gasteiger partial charge on any atom is -0.309 e. The van der Waals surface area contributed by atoms with Crippen molar-refractivity contribution in [2.45, 2.75) is 19.6 Å². The lowest BCUT2D eigenvalue weighted by atomic mass is 10.0. The maximum Gasteiger partial charge on any atom is 0.0541 e. The summed E-state index contributed by atoms with van der Waals surface area (Å²) in [4.78, 5) is 5.22. The highest BCUT2D eigenvalue weighted by Crippen LogP contribution is 2.74. The van der Waals surface area contributed by atoms with Gasteiger partial charge in [0, 0.05) is 52.5 Å². The number of rotatable bonds is 7. The fourth-order valence-electron chi connectivity index (χ4n) is 8.94. The smallest absolute Gasteiger partial charge is 0.0541 e. The second kappa shape index (κ2) is 13.6.